The summed E-state index contributed by atoms with van der Waals surface area (Å²) in [6, 6.07) is 6.87. The van der Waals surface area contributed by atoms with E-state index in [1.165, 1.54) is 0 Å². The van der Waals surface area contributed by atoms with E-state index in [1.807, 2.05) is 19.1 Å². The number of aliphatic hydroxyl groups is 1. The van der Waals surface area contributed by atoms with Crippen LogP contribution in [0.3, 0.4) is 0 Å². The number of halogens is 2. The van der Waals surface area contributed by atoms with Crippen molar-refractivity contribution in [3.63, 3.8) is 0 Å². The molecule has 3 rings (SSSR count). The van der Waals surface area contributed by atoms with Gasteiger partial charge in [0.2, 0.25) is 0 Å². The van der Waals surface area contributed by atoms with Crippen LogP contribution in [0, 0.1) is 18.6 Å². The van der Waals surface area contributed by atoms with E-state index in [-0.39, 0.29) is 18.3 Å². The highest BCUT2D eigenvalue weighted by Gasteiger charge is 2.26. The lowest BCUT2D eigenvalue weighted by atomic mass is 9.97. The largest absolute Gasteiger partial charge is 0.457 e. The summed E-state index contributed by atoms with van der Waals surface area (Å²) in [6.45, 7) is 2.10. The smallest absolute Gasteiger partial charge is 0.133 e. The second-order valence-electron chi connectivity index (χ2n) is 5.40. The standard InChI is InChI=1S/C17H16F2O2/c1-10-2-5-16(15-4-3-11(9-20)17(10)15)21-14-7-12(18)6-13(19)8-14/h2,5-8,11,20H,3-4,9H2,1H3. The third-order valence-electron chi connectivity index (χ3n) is 3.97. The van der Waals surface area contributed by atoms with Crippen molar-refractivity contribution in [3.8, 4) is 11.5 Å². The van der Waals surface area contributed by atoms with Crippen LogP contribution in [0.1, 0.15) is 29.0 Å². The van der Waals surface area contributed by atoms with Crippen LogP contribution in [-0.2, 0) is 6.42 Å². The van der Waals surface area contributed by atoms with Gasteiger partial charge in [-0.3, -0.25) is 0 Å². The molecule has 1 unspecified atom stereocenters. The quantitative estimate of drug-likeness (QED) is 0.922. The Labute approximate surface area is 122 Å². The number of ether oxygens (including phenoxy) is 1. The van der Waals surface area contributed by atoms with Crippen LogP contribution in [0.4, 0.5) is 8.78 Å². The fourth-order valence-electron chi connectivity index (χ4n) is 3.04. The summed E-state index contributed by atoms with van der Waals surface area (Å²) in [4.78, 5) is 0. The minimum Gasteiger partial charge on any atom is -0.457 e. The molecule has 0 saturated carbocycles. The number of aryl methyl sites for hydroxylation is 1. The maximum Gasteiger partial charge on any atom is 0.133 e. The minimum absolute atomic E-state index is 0.103. The Morgan fingerprint density at radius 3 is 2.57 bits per heavy atom. The van der Waals surface area contributed by atoms with E-state index in [0.29, 0.717) is 5.75 Å². The van der Waals surface area contributed by atoms with Crippen LogP contribution >= 0.6 is 0 Å². The molecule has 0 radical (unpaired) electrons. The number of hydrogen-bond acceptors (Lipinski definition) is 2. The normalized spacial score (nSPS) is 16.9. The molecule has 0 aromatic heterocycles. The molecule has 1 aliphatic rings. The van der Waals surface area contributed by atoms with Crippen molar-refractivity contribution in [1.29, 1.82) is 0 Å². The van der Waals surface area contributed by atoms with Crippen molar-refractivity contribution in [3.05, 3.63) is 58.7 Å². The molecule has 0 fully saturated rings. The average molecular weight is 290 g/mol. The zero-order valence-electron chi connectivity index (χ0n) is 11.7. The van der Waals surface area contributed by atoms with Crippen LogP contribution in [0.2, 0.25) is 0 Å². The lowest BCUT2D eigenvalue weighted by Gasteiger charge is -2.15. The molecule has 110 valence electrons. The molecular weight excluding hydrogens is 274 g/mol. The second kappa shape index (κ2) is 5.45. The SMILES string of the molecule is Cc1ccc(Oc2cc(F)cc(F)c2)c2c1C(CO)CC2. The maximum atomic E-state index is 13.2. The van der Waals surface area contributed by atoms with Crippen LogP contribution < -0.4 is 4.74 Å². The van der Waals surface area contributed by atoms with Gasteiger partial charge < -0.3 is 9.84 Å². The number of fused-ring (bicyclic) bond motifs is 1. The Morgan fingerprint density at radius 2 is 1.90 bits per heavy atom. The van der Waals surface area contributed by atoms with Gasteiger partial charge in [-0.2, -0.15) is 0 Å². The molecule has 0 spiro atoms. The van der Waals surface area contributed by atoms with Gasteiger partial charge in [0.15, 0.2) is 0 Å². The Hall–Kier alpha value is -1.94. The molecule has 1 aliphatic carbocycles. The van der Waals surface area contributed by atoms with Crippen molar-refractivity contribution in [2.24, 2.45) is 0 Å². The van der Waals surface area contributed by atoms with E-state index < -0.39 is 11.6 Å². The van der Waals surface area contributed by atoms with Gasteiger partial charge in [-0.05, 0) is 42.5 Å². The first-order valence-electron chi connectivity index (χ1n) is 6.95. The van der Waals surface area contributed by atoms with Gasteiger partial charge in [0.1, 0.15) is 23.1 Å². The average Bonchev–Trinajstić information content (AvgIpc) is 2.86. The molecule has 4 heteroatoms. The van der Waals surface area contributed by atoms with Gasteiger partial charge in [0.25, 0.3) is 0 Å². The number of benzene rings is 2. The molecule has 2 aromatic carbocycles. The Bertz CT molecular complexity index is 662. The Balaban J connectivity index is 1.99. The predicted molar refractivity (Wildman–Crippen MR) is 75.8 cm³/mol. The summed E-state index contributed by atoms with van der Waals surface area (Å²) in [7, 11) is 0. The summed E-state index contributed by atoms with van der Waals surface area (Å²) in [6.07, 6.45) is 1.67. The summed E-state index contributed by atoms with van der Waals surface area (Å²) in [5, 5.41) is 9.45. The van der Waals surface area contributed by atoms with Gasteiger partial charge in [0.05, 0.1) is 0 Å². The van der Waals surface area contributed by atoms with E-state index in [2.05, 4.69) is 0 Å². The molecule has 0 heterocycles. The van der Waals surface area contributed by atoms with E-state index in [0.717, 1.165) is 47.7 Å². The highest BCUT2D eigenvalue weighted by atomic mass is 19.1. The maximum absolute atomic E-state index is 13.2. The van der Waals surface area contributed by atoms with Crippen molar-refractivity contribution in [2.45, 2.75) is 25.7 Å². The van der Waals surface area contributed by atoms with Crippen molar-refractivity contribution < 1.29 is 18.6 Å². The summed E-state index contributed by atoms with van der Waals surface area (Å²) >= 11 is 0. The molecule has 2 nitrogen and oxygen atoms in total. The van der Waals surface area contributed by atoms with Crippen LogP contribution in [0.15, 0.2) is 30.3 Å². The summed E-state index contributed by atoms with van der Waals surface area (Å²) < 4.78 is 32.1. The molecule has 1 N–H and O–H groups in total. The van der Waals surface area contributed by atoms with Crippen LogP contribution in [0.25, 0.3) is 0 Å². The second-order valence-corrected chi connectivity index (χ2v) is 5.40. The van der Waals surface area contributed by atoms with Crippen LogP contribution in [0.5, 0.6) is 11.5 Å². The molecule has 21 heavy (non-hydrogen) atoms. The summed E-state index contributed by atoms with van der Waals surface area (Å²) in [5.41, 5.74) is 3.24. The number of rotatable bonds is 3. The lowest BCUT2D eigenvalue weighted by molar-refractivity contribution is 0.265. The van der Waals surface area contributed by atoms with E-state index in [9.17, 15) is 13.9 Å². The highest BCUT2D eigenvalue weighted by molar-refractivity contribution is 5.51. The zero-order chi connectivity index (χ0) is 15.0. The minimum atomic E-state index is -0.665. The molecule has 0 bridgehead atoms. The number of aliphatic hydroxyl groups excluding tert-OH is 1. The third-order valence-corrected chi connectivity index (χ3v) is 3.97. The van der Waals surface area contributed by atoms with Crippen molar-refractivity contribution >= 4 is 0 Å². The Morgan fingerprint density at radius 1 is 1.19 bits per heavy atom. The van der Waals surface area contributed by atoms with E-state index in [1.54, 1.807) is 0 Å². The Kier molecular flexibility index (Phi) is 3.64. The van der Waals surface area contributed by atoms with Gasteiger partial charge >= 0.3 is 0 Å². The predicted octanol–water partition coefficient (Wildman–Crippen LogP) is 4.09. The van der Waals surface area contributed by atoms with Gasteiger partial charge in [-0.1, -0.05) is 6.07 Å². The highest BCUT2D eigenvalue weighted by Crippen LogP contribution is 2.41. The number of hydrogen-bond donors (Lipinski definition) is 1. The fourth-order valence-corrected chi connectivity index (χ4v) is 3.04. The fraction of sp³-hybridized carbons (Fsp3) is 0.294. The molecule has 2 aromatic rings. The lowest BCUT2D eigenvalue weighted by Crippen LogP contribution is -2.01. The van der Waals surface area contributed by atoms with Gasteiger partial charge in [-0.25, -0.2) is 8.78 Å². The van der Waals surface area contributed by atoms with Crippen LogP contribution in [-0.4, -0.2) is 11.7 Å². The first-order valence-corrected chi connectivity index (χ1v) is 6.95. The van der Waals surface area contributed by atoms with Crippen molar-refractivity contribution in [1.82, 2.24) is 0 Å². The first-order chi connectivity index (χ1) is 10.1. The summed E-state index contributed by atoms with van der Waals surface area (Å²) in [5.74, 6) is -0.459. The van der Waals surface area contributed by atoms with E-state index >= 15 is 0 Å². The van der Waals surface area contributed by atoms with Gasteiger partial charge in [0, 0.05) is 30.7 Å². The van der Waals surface area contributed by atoms with Gasteiger partial charge in [-0.15, -0.1) is 0 Å². The molecule has 1 atom stereocenters. The molecule has 0 amide bonds. The van der Waals surface area contributed by atoms with E-state index in [4.69, 9.17) is 4.74 Å². The monoisotopic (exact) mass is 290 g/mol. The zero-order valence-corrected chi connectivity index (χ0v) is 11.7. The molecule has 0 aliphatic heterocycles. The molecule has 0 saturated heterocycles. The first kappa shape index (κ1) is 14.0. The van der Waals surface area contributed by atoms with Crippen molar-refractivity contribution in [2.75, 3.05) is 6.61 Å². The molecular formula is C17H16F2O2. The topological polar surface area (TPSA) is 29.5 Å². The third kappa shape index (κ3) is 2.63.